The predicted molar refractivity (Wildman–Crippen MR) is 74.4 cm³/mol. The van der Waals surface area contributed by atoms with E-state index in [9.17, 15) is 17.9 Å². The molecule has 8 heteroatoms. The molecule has 1 aliphatic carbocycles. The first kappa shape index (κ1) is 15.5. The average Bonchev–Trinajstić information content (AvgIpc) is 2.80. The van der Waals surface area contributed by atoms with Crippen molar-refractivity contribution in [2.24, 2.45) is 5.92 Å². The van der Waals surface area contributed by atoms with E-state index in [0.717, 1.165) is 25.0 Å². The first-order valence-corrected chi connectivity index (χ1v) is 8.09. The summed E-state index contributed by atoms with van der Waals surface area (Å²) in [5.41, 5.74) is 5.07. The van der Waals surface area contributed by atoms with E-state index in [4.69, 9.17) is 17.3 Å². The van der Waals surface area contributed by atoms with Gasteiger partial charge < -0.3 is 10.8 Å². The van der Waals surface area contributed by atoms with Gasteiger partial charge in [0.05, 0.1) is 5.69 Å². The van der Waals surface area contributed by atoms with Gasteiger partial charge >= 0.3 is 0 Å². The van der Waals surface area contributed by atoms with Crippen molar-refractivity contribution in [1.29, 1.82) is 0 Å². The van der Waals surface area contributed by atoms with E-state index in [1.807, 2.05) is 0 Å². The van der Waals surface area contributed by atoms with Gasteiger partial charge in [-0.1, -0.05) is 18.0 Å². The van der Waals surface area contributed by atoms with Crippen LogP contribution in [0.2, 0.25) is 5.02 Å². The van der Waals surface area contributed by atoms with Gasteiger partial charge in [0, 0.05) is 17.7 Å². The highest BCUT2D eigenvalue weighted by Gasteiger charge is 2.32. The summed E-state index contributed by atoms with van der Waals surface area (Å²) in [5, 5.41) is 9.25. The van der Waals surface area contributed by atoms with Crippen molar-refractivity contribution >= 4 is 27.3 Å². The maximum Gasteiger partial charge on any atom is 0.243 e. The van der Waals surface area contributed by atoms with Gasteiger partial charge in [-0.05, 0) is 30.9 Å². The number of nitrogens with one attached hydrogen (secondary N) is 1. The summed E-state index contributed by atoms with van der Waals surface area (Å²) >= 11 is 5.72. The van der Waals surface area contributed by atoms with E-state index in [1.165, 1.54) is 0 Å². The first-order chi connectivity index (χ1) is 9.35. The molecule has 1 aromatic carbocycles. The standard InChI is InChI=1S/C12H16ClFN2O3S/c13-8-4-9(15)12(14)11(5-8)20(18,19)16-10-3-1-2-7(10)6-17/h4-5,7,10,16-17H,1-3,6,15H2. The zero-order valence-corrected chi connectivity index (χ0v) is 12.2. The molecule has 1 fully saturated rings. The highest BCUT2D eigenvalue weighted by atomic mass is 35.5. The Hall–Kier alpha value is -0.890. The number of benzene rings is 1. The van der Waals surface area contributed by atoms with Crippen molar-refractivity contribution in [3.05, 3.63) is 23.0 Å². The Bertz CT molecular complexity index is 609. The SMILES string of the molecule is Nc1cc(Cl)cc(S(=O)(=O)NC2CCCC2CO)c1F. The van der Waals surface area contributed by atoms with Crippen LogP contribution in [0.4, 0.5) is 10.1 Å². The Balaban J connectivity index is 2.31. The molecule has 1 aliphatic rings. The van der Waals surface area contributed by atoms with Gasteiger partial charge in [0.1, 0.15) is 4.90 Å². The molecule has 1 saturated carbocycles. The molecule has 112 valence electrons. The summed E-state index contributed by atoms with van der Waals surface area (Å²) in [6, 6.07) is 1.78. The molecular weight excluding hydrogens is 307 g/mol. The number of halogens is 2. The Kier molecular flexibility index (Phi) is 4.53. The summed E-state index contributed by atoms with van der Waals surface area (Å²) in [6.07, 6.45) is 2.17. The van der Waals surface area contributed by atoms with Crippen LogP contribution in [-0.2, 0) is 10.0 Å². The monoisotopic (exact) mass is 322 g/mol. The number of aliphatic hydroxyl groups is 1. The van der Waals surface area contributed by atoms with Crippen LogP contribution < -0.4 is 10.5 Å². The third kappa shape index (κ3) is 3.06. The summed E-state index contributed by atoms with van der Waals surface area (Å²) in [5.74, 6) is -1.16. The van der Waals surface area contributed by atoms with Crippen LogP contribution in [0.1, 0.15) is 19.3 Å². The average molecular weight is 323 g/mol. The molecule has 0 aliphatic heterocycles. The topological polar surface area (TPSA) is 92.4 Å². The zero-order valence-electron chi connectivity index (χ0n) is 10.6. The Morgan fingerprint density at radius 3 is 2.80 bits per heavy atom. The number of rotatable bonds is 4. The number of sulfonamides is 1. The van der Waals surface area contributed by atoms with Crippen molar-refractivity contribution in [2.45, 2.75) is 30.2 Å². The van der Waals surface area contributed by atoms with E-state index >= 15 is 0 Å². The second kappa shape index (κ2) is 5.85. The summed E-state index contributed by atoms with van der Waals surface area (Å²) in [6.45, 7) is -0.104. The molecule has 5 nitrogen and oxygen atoms in total. The molecular formula is C12H16ClFN2O3S. The lowest BCUT2D eigenvalue weighted by molar-refractivity contribution is 0.213. The van der Waals surface area contributed by atoms with Gasteiger partial charge in [0.15, 0.2) is 5.82 Å². The normalized spacial score (nSPS) is 23.1. The first-order valence-electron chi connectivity index (χ1n) is 6.23. The number of hydrogen-bond acceptors (Lipinski definition) is 4. The van der Waals surface area contributed by atoms with Gasteiger partial charge in [-0.3, -0.25) is 0 Å². The van der Waals surface area contributed by atoms with E-state index in [1.54, 1.807) is 0 Å². The van der Waals surface area contributed by atoms with E-state index in [-0.39, 0.29) is 23.2 Å². The predicted octanol–water partition coefficient (Wildman–Crippen LogP) is 1.50. The van der Waals surface area contributed by atoms with Crippen LogP contribution in [0.5, 0.6) is 0 Å². The van der Waals surface area contributed by atoms with Crippen LogP contribution >= 0.6 is 11.6 Å². The van der Waals surface area contributed by atoms with Gasteiger partial charge in [0.25, 0.3) is 0 Å². The van der Waals surface area contributed by atoms with Crippen molar-refractivity contribution in [1.82, 2.24) is 4.72 Å². The maximum atomic E-state index is 13.9. The number of nitrogen functional groups attached to an aromatic ring is 1. The Labute approximate surface area is 122 Å². The smallest absolute Gasteiger partial charge is 0.243 e. The number of nitrogens with two attached hydrogens (primary N) is 1. The minimum absolute atomic E-state index is 0.0504. The molecule has 0 heterocycles. The van der Waals surface area contributed by atoms with E-state index in [0.29, 0.717) is 6.42 Å². The molecule has 1 aromatic rings. The van der Waals surface area contributed by atoms with E-state index < -0.39 is 26.8 Å². The molecule has 0 spiro atoms. The van der Waals surface area contributed by atoms with Crippen LogP contribution in [0.15, 0.2) is 17.0 Å². The fourth-order valence-corrected chi connectivity index (χ4v) is 4.22. The fourth-order valence-electron chi connectivity index (χ4n) is 2.45. The molecule has 2 atom stereocenters. The van der Waals surface area contributed by atoms with Crippen LogP contribution in [0.25, 0.3) is 0 Å². The van der Waals surface area contributed by atoms with Crippen LogP contribution in [0.3, 0.4) is 0 Å². The molecule has 2 unspecified atom stereocenters. The molecule has 0 saturated heterocycles. The van der Waals surface area contributed by atoms with Gasteiger partial charge in [-0.15, -0.1) is 0 Å². The molecule has 0 radical (unpaired) electrons. The summed E-state index contributed by atoms with van der Waals surface area (Å²) < 4.78 is 40.8. The largest absolute Gasteiger partial charge is 0.396 e. The zero-order chi connectivity index (χ0) is 14.9. The minimum atomic E-state index is -4.06. The Morgan fingerprint density at radius 1 is 1.45 bits per heavy atom. The lowest BCUT2D eigenvalue weighted by atomic mass is 10.1. The maximum absolute atomic E-state index is 13.9. The number of aliphatic hydroxyl groups excluding tert-OH is 1. The highest BCUT2D eigenvalue weighted by molar-refractivity contribution is 7.89. The van der Waals surface area contributed by atoms with Crippen molar-refractivity contribution < 1.29 is 17.9 Å². The summed E-state index contributed by atoms with van der Waals surface area (Å²) in [4.78, 5) is -0.564. The van der Waals surface area contributed by atoms with Crippen LogP contribution in [0, 0.1) is 11.7 Å². The molecule has 0 aromatic heterocycles. The van der Waals surface area contributed by atoms with Gasteiger partial charge in [-0.2, -0.15) is 0 Å². The molecule has 0 bridgehead atoms. The third-order valence-electron chi connectivity index (χ3n) is 3.52. The molecule has 20 heavy (non-hydrogen) atoms. The summed E-state index contributed by atoms with van der Waals surface area (Å²) in [7, 11) is -4.06. The van der Waals surface area contributed by atoms with Crippen LogP contribution in [-0.4, -0.2) is 26.2 Å². The number of hydrogen-bond donors (Lipinski definition) is 3. The lowest BCUT2D eigenvalue weighted by Gasteiger charge is -2.19. The number of anilines is 1. The lowest BCUT2D eigenvalue weighted by Crippen LogP contribution is -2.38. The highest BCUT2D eigenvalue weighted by Crippen LogP contribution is 2.29. The van der Waals surface area contributed by atoms with Gasteiger partial charge in [0.2, 0.25) is 10.0 Å². The van der Waals surface area contributed by atoms with Crippen molar-refractivity contribution in [2.75, 3.05) is 12.3 Å². The van der Waals surface area contributed by atoms with Gasteiger partial charge in [-0.25, -0.2) is 17.5 Å². The second-order valence-electron chi connectivity index (χ2n) is 4.91. The fraction of sp³-hybridized carbons (Fsp3) is 0.500. The molecule has 0 amide bonds. The molecule has 2 rings (SSSR count). The third-order valence-corrected chi connectivity index (χ3v) is 5.23. The minimum Gasteiger partial charge on any atom is -0.396 e. The second-order valence-corrected chi connectivity index (χ2v) is 7.03. The molecule has 4 N–H and O–H groups in total. The quantitative estimate of drug-likeness (QED) is 0.732. The van der Waals surface area contributed by atoms with E-state index in [2.05, 4.69) is 4.72 Å². The van der Waals surface area contributed by atoms with Crippen molar-refractivity contribution in [3.8, 4) is 0 Å². The van der Waals surface area contributed by atoms with Crippen molar-refractivity contribution in [3.63, 3.8) is 0 Å². The Morgan fingerprint density at radius 2 is 2.15 bits per heavy atom.